The lowest BCUT2D eigenvalue weighted by Crippen LogP contribution is -2.39. The molecular weight excluding hydrogens is 426 g/mol. The molecule has 0 saturated carbocycles. The molecule has 0 aromatic heterocycles. The lowest BCUT2D eigenvalue weighted by atomic mass is 10.1. The van der Waals surface area contributed by atoms with E-state index in [1.54, 1.807) is 35.2 Å². The number of nitrogens with zero attached hydrogens (tertiary/aromatic N) is 2. The quantitative estimate of drug-likeness (QED) is 0.722. The van der Waals surface area contributed by atoms with Gasteiger partial charge in [-0.2, -0.15) is 4.31 Å². The Morgan fingerprint density at radius 2 is 1.59 bits per heavy atom. The van der Waals surface area contributed by atoms with Crippen molar-refractivity contribution in [1.29, 1.82) is 0 Å². The minimum atomic E-state index is -3.70. The van der Waals surface area contributed by atoms with Crippen molar-refractivity contribution in [2.75, 3.05) is 32.7 Å². The molecule has 1 aliphatic rings. The van der Waals surface area contributed by atoms with Gasteiger partial charge in [0.25, 0.3) is 0 Å². The SMILES string of the molecule is O=C1CCN(S(=O)(=O)c2ccccc2)CCCN(C(=O)CCCc2ccccc2)CCN1. The van der Waals surface area contributed by atoms with Crippen LogP contribution in [0.1, 0.15) is 31.2 Å². The van der Waals surface area contributed by atoms with E-state index >= 15 is 0 Å². The second kappa shape index (κ2) is 11.8. The number of carbonyl (C=O) groups is 2. The lowest BCUT2D eigenvalue weighted by molar-refractivity contribution is -0.131. The molecule has 8 heteroatoms. The average Bonchev–Trinajstić information content (AvgIpc) is 2.85. The van der Waals surface area contributed by atoms with Crippen LogP contribution in [-0.2, 0) is 26.0 Å². The van der Waals surface area contributed by atoms with Crippen LogP contribution in [0, 0.1) is 0 Å². The van der Waals surface area contributed by atoms with Crippen molar-refractivity contribution < 1.29 is 18.0 Å². The second-order valence-corrected chi connectivity index (χ2v) is 9.83. The topological polar surface area (TPSA) is 86.8 Å². The molecule has 2 amide bonds. The van der Waals surface area contributed by atoms with Crippen molar-refractivity contribution in [2.24, 2.45) is 0 Å². The van der Waals surface area contributed by atoms with Crippen LogP contribution in [0.3, 0.4) is 0 Å². The number of benzene rings is 2. The van der Waals surface area contributed by atoms with Crippen LogP contribution in [0.2, 0.25) is 0 Å². The third-order valence-electron chi connectivity index (χ3n) is 5.56. The van der Waals surface area contributed by atoms with Gasteiger partial charge >= 0.3 is 0 Å². The van der Waals surface area contributed by atoms with Crippen molar-refractivity contribution >= 4 is 21.8 Å². The van der Waals surface area contributed by atoms with Gasteiger partial charge in [-0.1, -0.05) is 48.5 Å². The molecule has 3 rings (SSSR count). The third-order valence-corrected chi connectivity index (χ3v) is 7.47. The van der Waals surface area contributed by atoms with Gasteiger partial charge in [0.1, 0.15) is 0 Å². The zero-order valence-corrected chi connectivity index (χ0v) is 19.1. The summed E-state index contributed by atoms with van der Waals surface area (Å²) >= 11 is 0. The first kappa shape index (κ1) is 23.9. The maximum atomic E-state index is 13.0. The molecule has 0 spiro atoms. The van der Waals surface area contributed by atoms with E-state index in [2.05, 4.69) is 17.4 Å². The van der Waals surface area contributed by atoms with Crippen molar-refractivity contribution in [3.63, 3.8) is 0 Å². The molecule has 32 heavy (non-hydrogen) atoms. The minimum Gasteiger partial charge on any atom is -0.354 e. The average molecular weight is 458 g/mol. The highest BCUT2D eigenvalue weighted by atomic mass is 32.2. The van der Waals surface area contributed by atoms with Gasteiger partial charge in [-0.25, -0.2) is 8.42 Å². The molecule has 1 fully saturated rings. The number of amides is 2. The first-order valence-corrected chi connectivity index (χ1v) is 12.5. The Labute approximate surface area is 190 Å². The normalized spacial score (nSPS) is 16.8. The Morgan fingerprint density at radius 1 is 0.906 bits per heavy atom. The molecule has 172 valence electrons. The van der Waals surface area contributed by atoms with E-state index in [4.69, 9.17) is 0 Å². The number of carbonyl (C=O) groups excluding carboxylic acids is 2. The number of sulfonamides is 1. The van der Waals surface area contributed by atoms with Crippen LogP contribution in [-0.4, -0.2) is 62.2 Å². The summed E-state index contributed by atoms with van der Waals surface area (Å²) in [6.45, 7) is 1.64. The number of rotatable bonds is 6. The van der Waals surface area contributed by atoms with Gasteiger partial charge in [0.05, 0.1) is 4.90 Å². The van der Waals surface area contributed by atoms with Crippen molar-refractivity contribution in [3.05, 3.63) is 66.2 Å². The van der Waals surface area contributed by atoms with Gasteiger partial charge in [0.15, 0.2) is 0 Å². The van der Waals surface area contributed by atoms with E-state index in [9.17, 15) is 18.0 Å². The highest BCUT2D eigenvalue weighted by molar-refractivity contribution is 7.89. The summed E-state index contributed by atoms with van der Waals surface area (Å²) in [6, 6.07) is 18.3. The van der Waals surface area contributed by atoms with Crippen molar-refractivity contribution in [1.82, 2.24) is 14.5 Å². The molecular formula is C24H31N3O4S. The second-order valence-electron chi connectivity index (χ2n) is 7.89. The maximum Gasteiger partial charge on any atom is 0.243 e. The van der Waals surface area contributed by atoms with Crippen LogP contribution in [0.5, 0.6) is 0 Å². The summed E-state index contributed by atoms with van der Waals surface area (Å²) in [5, 5.41) is 2.80. The van der Waals surface area contributed by atoms with E-state index in [1.165, 1.54) is 9.87 Å². The maximum absolute atomic E-state index is 13.0. The summed E-state index contributed by atoms with van der Waals surface area (Å²) < 4.78 is 27.4. The number of aryl methyl sites for hydroxylation is 1. The van der Waals surface area contributed by atoms with E-state index in [0.29, 0.717) is 32.5 Å². The molecule has 0 radical (unpaired) electrons. The molecule has 2 aromatic carbocycles. The molecule has 7 nitrogen and oxygen atoms in total. The van der Waals surface area contributed by atoms with E-state index in [1.807, 2.05) is 18.2 Å². The Bertz CT molecular complexity index is 981. The highest BCUT2D eigenvalue weighted by Gasteiger charge is 2.25. The predicted molar refractivity (Wildman–Crippen MR) is 123 cm³/mol. The Morgan fingerprint density at radius 3 is 2.31 bits per heavy atom. The molecule has 1 saturated heterocycles. The van der Waals surface area contributed by atoms with E-state index in [0.717, 1.165) is 12.8 Å². The van der Waals surface area contributed by atoms with Crippen molar-refractivity contribution in [3.8, 4) is 0 Å². The van der Waals surface area contributed by atoms with Crippen LogP contribution < -0.4 is 5.32 Å². The predicted octanol–water partition coefficient (Wildman–Crippen LogP) is 2.44. The number of hydrogen-bond acceptors (Lipinski definition) is 4. The molecule has 0 bridgehead atoms. The molecule has 0 aliphatic carbocycles. The number of nitrogens with one attached hydrogen (secondary N) is 1. The zero-order valence-electron chi connectivity index (χ0n) is 18.3. The van der Waals surface area contributed by atoms with Crippen LogP contribution >= 0.6 is 0 Å². The fraction of sp³-hybridized carbons (Fsp3) is 0.417. The van der Waals surface area contributed by atoms with Gasteiger partial charge < -0.3 is 10.2 Å². The Kier molecular flexibility index (Phi) is 8.81. The fourth-order valence-corrected chi connectivity index (χ4v) is 5.28. The van der Waals surface area contributed by atoms with Crippen LogP contribution in [0.4, 0.5) is 0 Å². The standard InChI is InChI=1S/C24H31N3O4S/c28-23-15-19-27(32(30,31)22-12-5-2-6-13-22)18-8-17-26(20-16-25-23)24(29)14-7-11-21-9-3-1-4-10-21/h1-6,9-10,12-13H,7-8,11,14-20H2,(H,25,28). The van der Waals surface area contributed by atoms with Crippen LogP contribution in [0.15, 0.2) is 65.6 Å². The molecule has 0 unspecified atom stereocenters. The summed E-state index contributed by atoms with van der Waals surface area (Å²) in [5.74, 6) is -0.177. The van der Waals surface area contributed by atoms with Gasteiger partial charge in [0, 0.05) is 45.6 Å². The third kappa shape index (κ3) is 6.90. The fourth-order valence-electron chi connectivity index (χ4n) is 3.78. The summed E-state index contributed by atoms with van der Waals surface area (Å²) in [4.78, 5) is 26.9. The Hall–Kier alpha value is -2.71. The van der Waals surface area contributed by atoms with Gasteiger partial charge in [-0.15, -0.1) is 0 Å². The van der Waals surface area contributed by atoms with E-state index < -0.39 is 10.0 Å². The van der Waals surface area contributed by atoms with Gasteiger partial charge in [-0.3, -0.25) is 9.59 Å². The van der Waals surface area contributed by atoms with Crippen LogP contribution in [0.25, 0.3) is 0 Å². The monoisotopic (exact) mass is 457 g/mol. The number of hydrogen-bond donors (Lipinski definition) is 1. The highest BCUT2D eigenvalue weighted by Crippen LogP contribution is 2.17. The Balaban J connectivity index is 1.61. The largest absolute Gasteiger partial charge is 0.354 e. The van der Waals surface area contributed by atoms with Gasteiger partial charge in [-0.05, 0) is 37.0 Å². The molecule has 1 heterocycles. The minimum absolute atomic E-state index is 0.0342. The summed E-state index contributed by atoms with van der Waals surface area (Å²) in [6.07, 6.45) is 2.62. The molecule has 1 N–H and O–H groups in total. The summed E-state index contributed by atoms with van der Waals surface area (Å²) in [7, 11) is -3.70. The zero-order chi connectivity index (χ0) is 22.8. The van der Waals surface area contributed by atoms with Gasteiger partial charge in [0.2, 0.25) is 21.8 Å². The first-order valence-electron chi connectivity index (χ1n) is 11.1. The van der Waals surface area contributed by atoms with Crippen molar-refractivity contribution in [2.45, 2.75) is 37.0 Å². The first-order chi connectivity index (χ1) is 15.5. The lowest BCUT2D eigenvalue weighted by Gasteiger charge is -2.25. The molecule has 2 aromatic rings. The van der Waals surface area contributed by atoms with E-state index in [-0.39, 0.29) is 36.2 Å². The molecule has 1 aliphatic heterocycles. The summed E-state index contributed by atoms with van der Waals surface area (Å²) in [5.41, 5.74) is 1.20. The smallest absolute Gasteiger partial charge is 0.243 e. The molecule has 0 atom stereocenters.